The van der Waals surface area contributed by atoms with E-state index in [0.717, 1.165) is 90.0 Å². The van der Waals surface area contributed by atoms with Crippen LogP contribution in [0.2, 0.25) is 115 Å². The molecule has 0 aromatic heterocycles. The molecule has 83 heavy (non-hydrogen) atoms. The Balaban J connectivity index is 4.14. The molecule has 0 amide bonds. The molecule has 0 rings (SSSR count). The van der Waals surface area contributed by atoms with Crippen LogP contribution in [0.5, 0.6) is 0 Å². The molecule has 19 heteroatoms. The number of ether oxygens (including phenoxy) is 4. The molecule has 0 aliphatic rings. The van der Waals surface area contributed by atoms with Crippen LogP contribution in [0.4, 0.5) is 0 Å². The van der Waals surface area contributed by atoms with Gasteiger partial charge in [0.2, 0.25) is 0 Å². The lowest BCUT2D eigenvalue weighted by Gasteiger charge is -2.35. The number of hydrogen-bond donors (Lipinski definition) is 0. The molecule has 0 bridgehead atoms. The van der Waals surface area contributed by atoms with E-state index in [4.69, 9.17) is 31.3 Å². The van der Waals surface area contributed by atoms with E-state index in [-0.39, 0.29) is 11.9 Å². The van der Waals surface area contributed by atoms with E-state index in [1.54, 1.807) is 13.8 Å². The summed E-state index contributed by atoms with van der Waals surface area (Å²) in [6, 6.07) is 7.38. The molecule has 492 valence electrons. The lowest BCUT2D eigenvalue weighted by molar-refractivity contribution is -0.890. The zero-order chi connectivity index (χ0) is 63.7. The molecule has 0 atom stereocenters. The van der Waals surface area contributed by atoms with Crippen LogP contribution in [0.15, 0.2) is 24.3 Å². The Hall–Kier alpha value is -0.639. The predicted molar refractivity (Wildman–Crippen MR) is 371 cm³/mol. The molecule has 0 aromatic rings. The summed E-state index contributed by atoms with van der Waals surface area (Å²) in [6.07, 6.45) is 19.7. The average molecular weight is 1280 g/mol. The van der Waals surface area contributed by atoms with Gasteiger partial charge >= 0.3 is 11.9 Å². The first-order chi connectivity index (χ1) is 38.0. The van der Waals surface area contributed by atoms with Crippen LogP contribution in [-0.2, 0) is 40.9 Å². The maximum absolute atomic E-state index is 11.7. The second-order valence-electron chi connectivity index (χ2n) is 31.6. The van der Waals surface area contributed by atoms with Gasteiger partial charge in [0.15, 0.2) is 49.9 Å². The first-order valence-electron chi connectivity index (χ1n) is 33.2. The Morgan fingerprint density at radius 1 is 0.289 bits per heavy atom. The molecule has 13 nitrogen and oxygen atoms in total. The smallest absolute Gasteiger partial charge is 0.333 e. The molecule has 0 heterocycles. The number of quaternary nitrogens is 4. The van der Waals surface area contributed by atoms with E-state index < -0.39 is 49.9 Å². The number of unbranched alkanes of at least 4 members (excludes halogenated alkanes) is 10. The van der Waals surface area contributed by atoms with E-state index >= 15 is 0 Å². The van der Waals surface area contributed by atoms with Crippen LogP contribution in [0.1, 0.15) is 117 Å². The van der Waals surface area contributed by atoms with Gasteiger partial charge in [-0.1, -0.05) is 51.7 Å². The highest BCUT2D eigenvalue weighted by atomic mass is 28.4. The largest absolute Gasteiger partial charge is 0.456 e. The minimum Gasteiger partial charge on any atom is -0.456 e. The molecule has 0 fully saturated rings. The molecule has 0 saturated carbocycles. The second-order valence-corrected chi connectivity index (χ2v) is 58.2. The normalized spacial score (nSPS) is 13.7. The van der Waals surface area contributed by atoms with E-state index in [1.807, 2.05) is 0 Å². The maximum atomic E-state index is 11.7. The Morgan fingerprint density at radius 2 is 0.494 bits per heavy atom. The summed E-state index contributed by atoms with van der Waals surface area (Å²) in [5, 5.41) is 0. The molecule has 0 aromatic carbocycles. The van der Waals surface area contributed by atoms with Crippen molar-refractivity contribution in [3.63, 3.8) is 0 Å². The fourth-order valence-corrected chi connectivity index (χ4v) is 38.4. The Bertz CT molecular complexity index is 1810. The number of likely N-dealkylation sites (N-methyl/N-ethyl adjacent to an activating group) is 4. The molecule has 0 aliphatic carbocycles. The molecule has 0 saturated heterocycles. The van der Waals surface area contributed by atoms with Gasteiger partial charge in [0.05, 0.1) is 95.8 Å². The number of rotatable bonds is 54. The van der Waals surface area contributed by atoms with Crippen molar-refractivity contribution >= 4 is 61.8 Å². The third-order valence-corrected chi connectivity index (χ3v) is 39.3. The van der Waals surface area contributed by atoms with Gasteiger partial charge in [-0.25, -0.2) is 9.59 Å². The first kappa shape index (κ1) is 82.4. The number of carbonyl (C=O) groups is 2. The van der Waals surface area contributed by atoms with Crippen molar-refractivity contribution in [1.29, 1.82) is 0 Å². The number of hydrogen-bond acceptors (Lipinski definition) is 9. The van der Waals surface area contributed by atoms with Crippen molar-refractivity contribution in [2.75, 3.05) is 148 Å². The van der Waals surface area contributed by atoms with Gasteiger partial charge < -0.3 is 49.2 Å². The van der Waals surface area contributed by atoms with Crippen molar-refractivity contribution < 1.29 is 58.8 Å². The Labute approximate surface area is 521 Å². The van der Waals surface area contributed by atoms with Crippen LogP contribution in [-0.4, -0.2) is 228 Å². The number of carbonyl (C=O) groups excluding carboxylic acids is 2. The Kier molecular flexibility index (Phi) is 39.9. The van der Waals surface area contributed by atoms with E-state index in [2.05, 4.69) is 148 Å². The maximum Gasteiger partial charge on any atom is 0.333 e. The van der Waals surface area contributed by atoms with Gasteiger partial charge in [-0.05, 0) is 193 Å². The van der Waals surface area contributed by atoms with Gasteiger partial charge in [-0.2, -0.15) is 0 Å². The van der Waals surface area contributed by atoms with E-state index in [1.165, 1.54) is 146 Å². The molecule has 0 aliphatic heterocycles. The first-order valence-corrected chi connectivity index (χ1v) is 51.9. The quantitative estimate of drug-likeness (QED) is 0.0194. The Morgan fingerprint density at radius 3 is 0.759 bits per heavy atom. The van der Waals surface area contributed by atoms with Crippen molar-refractivity contribution in [3.8, 4) is 0 Å². The molecule has 0 unspecified atom stereocenters. The van der Waals surface area contributed by atoms with Gasteiger partial charge in [0.1, 0.15) is 39.4 Å². The summed E-state index contributed by atoms with van der Waals surface area (Å²) < 4.78 is 47.8. The van der Waals surface area contributed by atoms with Gasteiger partial charge in [-0.15, -0.1) is 0 Å². The molecule has 0 N–H and O–H groups in total. The summed E-state index contributed by atoms with van der Waals surface area (Å²) in [5.41, 5.74) is 0.920. The fraction of sp³-hybridized carbons (Fsp3) is 0.906. The predicted octanol–water partition coefficient (Wildman–Crippen LogP) is 15.1. The lowest BCUT2D eigenvalue weighted by atomic mass is 10.1. The highest BCUT2D eigenvalue weighted by Crippen LogP contribution is 2.29. The highest BCUT2D eigenvalue weighted by Gasteiger charge is 2.35. The SMILES string of the molecule is C=C(C)C(=O)OCC[N+](C)(C)CCCC[Si](C)(C)O[Si](C)(C)CCCC[N+](C)(C)CCOCCCCCCCC[Si](C)(C)O[Si](C)(C)CCCCOCC[N+](C)(C)CCCC[Si](C)(C)O[Si](C)(C)CCCC[N+](C)(C)CCOC(=O)C(=C)C. The number of nitrogens with zero attached hydrogens (tertiary/aromatic N) is 4. The monoisotopic (exact) mass is 1280 g/mol. The topological polar surface area (TPSA) is 98.8 Å². The molecular weight excluding hydrogens is 1140 g/mol. The third-order valence-electron chi connectivity index (χ3n) is 16.7. The van der Waals surface area contributed by atoms with Crippen molar-refractivity contribution in [2.24, 2.45) is 0 Å². The van der Waals surface area contributed by atoms with Gasteiger partial charge in [0.25, 0.3) is 0 Å². The molecule has 0 spiro atoms. The zero-order valence-electron chi connectivity index (χ0n) is 59.3. The van der Waals surface area contributed by atoms with Crippen molar-refractivity contribution in [2.45, 2.75) is 231 Å². The summed E-state index contributed by atoms with van der Waals surface area (Å²) in [5.74, 6) is -0.587. The lowest BCUT2D eigenvalue weighted by Crippen LogP contribution is -2.45. The van der Waals surface area contributed by atoms with Crippen LogP contribution in [0.3, 0.4) is 0 Å². The molecule has 0 radical (unpaired) electrons. The van der Waals surface area contributed by atoms with Crippen LogP contribution >= 0.6 is 0 Å². The van der Waals surface area contributed by atoms with E-state index in [0.29, 0.717) is 24.4 Å². The summed E-state index contributed by atoms with van der Waals surface area (Å²) in [4.78, 5) is 23.5. The fourth-order valence-electron chi connectivity index (χ4n) is 11.4. The van der Waals surface area contributed by atoms with Crippen LogP contribution in [0.25, 0.3) is 0 Å². The summed E-state index contributed by atoms with van der Waals surface area (Å²) >= 11 is 0. The zero-order valence-corrected chi connectivity index (χ0v) is 65.3. The molecular formula is C64H142N4O9Si6+4. The summed E-state index contributed by atoms with van der Waals surface area (Å²) in [7, 11) is 8.09. The minimum absolute atomic E-state index is 0.293. The van der Waals surface area contributed by atoms with Crippen LogP contribution in [0, 0.1) is 0 Å². The standard InChI is InChI=1S/C64H142N4O9Si6/c1-61(2)63(69)73-53-47-67(9,10)43-31-38-58-81(19,20)76-79(15,16)56-36-29-41-65(5,6)45-51-71-49-33-27-25-26-28-35-55-78(13,14)75-83(23,24)60-40-34-50-72-52-46-66(7,8)42-30-37-57-80(17,18)77-82(21,22)59-39-32-44-68(11,12)48-54-74-64(70)62(3)4/h1,3,25-60H2,2,4-24H3/q+4. The van der Waals surface area contributed by atoms with Gasteiger partial charge in [0, 0.05) is 24.4 Å². The summed E-state index contributed by atoms with van der Waals surface area (Å²) in [6.45, 7) is 52.5. The van der Waals surface area contributed by atoms with Crippen LogP contribution < -0.4 is 0 Å². The second kappa shape index (κ2) is 40.2. The number of esters is 2. The minimum atomic E-state index is -1.73. The average Bonchev–Trinajstić information content (AvgIpc) is 3.32. The van der Waals surface area contributed by atoms with E-state index in [9.17, 15) is 9.59 Å². The van der Waals surface area contributed by atoms with Gasteiger partial charge in [-0.3, -0.25) is 0 Å². The third kappa shape index (κ3) is 48.0. The highest BCUT2D eigenvalue weighted by molar-refractivity contribution is 6.86. The van der Waals surface area contributed by atoms with Crippen molar-refractivity contribution in [3.05, 3.63) is 24.3 Å². The van der Waals surface area contributed by atoms with Crippen molar-refractivity contribution in [1.82, 2.24) is 0 Å².